The molecule has 0 aromatic heterocycles. The number of benzene rings is 3. The van der Waals surface area contributed by atoms with Crippen LogP contribution in [-0.2, 0) is 49.5 Å². The first kappa shape index (κ1) is 46.1. The maximum atomic E-state index is 14.1. The third-order valence-electron chi connectivity index (χ3n) is 12.2. The number of halogens is 1. The number of rotatable bonds is 16. The van der Waals surface area contributed by atoms with Gasteiger partial charge in [0.25, 0.3) is 0 Å². The topological polar surface area (TPSA) is 207 Å². The first-order valence-corrected chi connectivity index (χ1v) is 21.9. The van der Waals surface area contributed by atoms with Gasteiger partial charge < -0.3 is 44.7 Å². The zero-order valence-electron chi connectivity index (χ0n) is 35.8. The molecule has 4 N–H and O–H groups in total. The molecule has 16 heteroatoms. The molecule has 1 spiro atoms. The van der Waals surface area contributed by atoms with Gasteiger partial charge in [0.2, 0.25) is 23.1 Å². The zero-order valence-corrected chi connectivity index (χ0v) is 36.6. The predicted molar refractivity (Wildman–Crippen MR) is 232 cm³/mol. The fraction of sp³-hybridized carbons (Fsp3) is 0.417. The second kappa shape index (κ2) is 19.5. The average molecular weight is 898 g/mol. The smallest absolute Gasteiger partial charge is 0.407 e. The molecule has 338 valence electrons. The molecule has 1 saturated heterocycles. The molecule has 0 saturated carbocycles. The van der Waals surface area contributed by atoms with Crippen LogP contribution in [0.1, 0.15) is 81.9 Å². The minimum absolute atomic E-state index is 0.0358. The fourth-order valence-corrected chi connectivity index (χ4v) is 9.24. The van der Waals surface area contributed by atoms with E-state index in [0.29, 0.717) is 18.4 Å². The second-order valence-electron chi connectivity index (χ2n) is 16.6. The van der Waals surface area contributed by atoms with Gasteiger partial charge in [-0.15, -0.1) is 0 Å². The summed E-state index contributed by atoms with van der Waals surface area (Å²) in [6.07, 6.45) is -1.23. The predicted octanol–water partition coefficient (Wildman–Crippen LogP) is 5.10. The number of aliphatic hydroxyl groups is 2. The molecule has 2 aliphatic heterocycles. The van der Waals surface area contributed by atoms with Gasteiger partial charge in [0.1, 0.15) is 25.4 Å². The summed E-state index contributed by atoms with van der Waals surface area (Å²) in [6.45, 7) is 4.36. The molecule has 6 atom stereocenters. The van der Waals surface area contributed by atoms with Crippen molar-refractivity contribution in [1.29, 1.82) is 0 Å². The number of nitrogens with zero attached hydrogens (tertiary/aromatic N) is 1. The number of alkyl carbamates (subject to hydrolysis) is 1. The van der Waals surface area contributed by atoms with Gasteiger partial charge in [-0.2, -0.15) is 0 Å². The zero-order chi connectivity index (χ0) is 45.8. The monoisotopic (exact) mass is 897 g/mol. The lowest BCUT2D eigenvalue weighted by Crippen LogP contribution is -2.62. The number of ketones is 2. The number of carbonyl (C=O) groups is 6. The van der Waals surface area contributed by atoms with E-state index in [0.717, 1.165) is 22.3 Å². The number of aliphatic hydroxyl groups excluding tert-OH is 2. The summed E-state index contributed by atoms with van der Waals surface area (Å²) >= 11 is 6.60. The minimum atomic E-state index is -2.27. The number of carbonyl (C=O) groups excluding carboxylic acids is 6. The molecule has 2 amide bonds. The van der Waals surface area contributed by atoms with Gasteiger partial charge in [0, 0.05) is 49.3 Å². The maximum Gasteiger partial charge on any atom is 0.407 e. The largest absolute Gasteiger partial charge is 0.459 e. The Morgan fingerprint density at radius 2 is 1.59 bits per heavy atom. The standard InChI is InChI=1S/C48H52ClN3O12/c1-4-14-37(54)64-47(3)41(55)34-25-52(48(22-13-24-63-48)42(56)38(34)39(49)43(47)57)23-12-21-36(44(58)51-40(28(2)53)45(59)61-26-29-15-6-5-7-16-29)50-46(60)62-27-35-32-19-10-8-17-30(32)31-18-9-11-20-33(31)35/h5-11,15-20,25,28,35-36,40,42,53,56H,4,12-14,21-24,26-27H2,1-3H3,(H,50,60)(H,51,58)/t28-,36+,40+,42+,47-,48+/m1/s1. The first-order valence-electron chi connectivity index (χ1n) is 21.5. The SMILES string of the molecule is CCCC(=O)O[C@]1(C)C(=O)C2=CN(CCC[C@H](NC(=O)OCC3c4ccccc4-c4ccccc43)C(=O)N[C@H](C(=O)OCc3ccccc3)[C@@H](C)O)[C@]3(CCCO3)[C@@H](O)C2=C(Cl)C1=O. The van der Waals surface area contributed by atoms with E-state index in [1.54, 1.807) is 36.1 Å². The van der Waals surface area contributed by atoms with Crippen molar-refractivity contribution in [1.82, 2.24) is 15.5 Å². The highest BCUT2D eigenvalue weighted by molar-refractivity contribution is 6.49. The van der Waals surface area contributed by atoms with E-state index in [9.17, 15) is 39.0 Å². The van der Waals surface area contributed by atoms with Crippen molar-refractivity contribution < 1.29 is 57.9 Å². The molecule has 64 heavy (non-hydrogen) atoms. The van der Waals surface area contributed by atoms with Crippen molar-refractivity contribution in [2.24, 2.45) is 0 Å². The van der Waals surface area contributed by atoms with Crippen LogP contribution < -0.4 is 10.6 Å². The third kappa shape index (κ3) is 9.07. The van der Waals surface area contributed by atoms with Crippen molar-refractivity contribution in [3.05, 3.63) is 118 Å². The molecule has 3 aromatic rings. The highest BCUT2D eigenvalue weighted by atomic mass is 35.5. The molecule has 15 nitrogen and oxygen atoms in total. The highest BCUT2D eigenvalue weighted by Gasteiger charge is 2.60. The lowest BCUT2D eigenvalue weighted by Gasteiger charge is -2.49. The van der Waals surface area contributed by atoms with Gasteiger partial charge in [0.05, 0.1) is 11.1 Å². The van der Waals surface area contributed by atoms with Gasteiger partial charge in [0.15, 0.2) is 11.8 Å². The Hall–Kier alpha value is -5.87. The van der Waals surface area contributed by atoms with Crippen molar-refractivity contribution in [2.45, 2.75) is 107 Å². The van der Waals surface area contributed by atoms with Crippen LogP contribution in [0.25, 0.3) is 11.1 Å². The molecule has 7 rings (SSSR count). The number of nitrogens with one attached hydrogen (secondary N) is 2. The molecule has 3 aromatic carbocycles. The van der Waals surface area contributed by atoms with Crippen LogP contribution in [0.15, 0.2) is 101 Å². The number of amides is 2. The van der Waals surface area contributed by atoms with Crippen molar-refractivity contribution in [3.8, 4) is 11.1 Å². The summed E-state index contributed by atoms with van der Waals surface area (Å²) in [7, 11) is 0. The Balaban J connectivity index is 1.11. The molecule has 2 aliphatic carbocycles. The fourth-order valence-electron chi connectivity index (χ4n) is 8.86. The number of hydrogen-bond donors (Lipinski definition) is 4. The van der Waals surface area contributed by atoms with E-state index in [1.807, 2.05) is 54.6 Å². The van der Waals surface area contributed by atoms with Crippen molar-refractivity contribution in [3.63, 3.8) is 0 Å². The van der Waals surface area contributed by atoms with Crippen LogP contribution in [0.4, 0.5) is 4.79 Å². The number of esters is 2. The summed E-state index contributed by atoms with van der Waals surface area (Å²) in [4.78, 5) is 82.9. The Bertz CT molecular complexity index is 2310. The van der Waals surface area contributed by atoms with Gasteiger partial charge in [-0.05, 0) is 67.3 Å². The quantitative estimate of drug-likeness (QED) is 0.0841. The van der Waals surface area contributed by atoms with E-state index in [1.165, 1.54) is 20.0 Å². The molecule has 4 aliphatic rings. The molecular formula is C48H52ClN3O12. The number of ether oxygens (including phenoxy) is 4. The molecule has 0 bridgehead atoms. The normalized spacial score (nSPS) is 22.8. The average Bonchev–Trinajstić information content (AvgIpc) is 3.91. The van der Waals surface area contributed by atoms with Crippen LogP contribution in [0, 0.1) is 0 Å². The van der Waals surface area contributed by atoms with Crippen LogP contribution in [-0.4, -0.2) is 106 Å². The number of fused-ring (bicyclic) bond motifs is 4. The van der Waals surface area contributed by atoms with Gasteiger partial charge in [-0.3, -0.25) is 19.2 Å². The summed E-state index contributed by atoms with van der Waals surface area (Å²) in [5.74, 6) is -4.57. The first-order chi connectivity index (χ1) is 30.7. The van der Waals surface area contributed by atoms with Crippen LogP contribution in [0.5, 0.6) is 0 Å². The summed E-state index contributed by atoms with van der Waals surface area (Å²) < 4.78 is 22.8. The van der Waals surface area contributed by atoms with E-state index < -0.39 is 76.2 Å². The summed E-state index contributed by atoms with van der Waals surface area (Å²) in [6, 6.07) is 21.7. The summed E-state index contributed by atoms with van der Waals surface area (Å²) in [5.41, 5.74) is 0.734. The van der Waals surface area contributed by atoms with E-state index in [-0.39, 0.29) is 69.1 Å². The highest BCUT2D eigenvalue weighted by Crippen LogP contribution is 2.48. The molecule has 1 fully saturated rings. The van der Waals surface area contributed by atoms with E-state index in [4.69, 9.17) is 30.5 Å². The molecule has 2 heterocycles. The minimum Gasteiger partial charge on any atom is -0.459 e. The summed E-state index contributed by atoms with van der Waals surface area (Å²) in [5, 5.41) is 27.3. The van der Waals surface area contributed by atoms with Crippen molar-refractivity contribution >= 4 is 47.1 Å². The van der Waals surface area contributed by atoms with Gasteiger partial charge in [-0.1, -0.05) is 97.4 Å². The van der Waals surface area contributed by atoms with Crippen LogP contribution >= 0.6 is 11.6 Å². The lowest BCUT2D eigenvalue weighted by atomic mass is 9.74. The number of Topliss-reactive ketones (excluding diaryl/α,β-unsaturated/α-hetero) is 2. The molecule has 0 radical (unpaired) electrons. The van der Waals surface area contributed by atoms with Crippen LogP contribution in [0.2, 0.25) is 0 Å². The second-order valence-corrected chi connectivity index (χ2v) is 16.9. The van der Waals surface area contributed by atoms with Gasteiger partial charge >= 0.3 is 18.0 Å². The Labute approximate surface area is 375 Å². The Kier molecular flexibility index (Phi) is 14.0. The number of hydrogen-bond acceptors (Lipinski definition) is 13. The molecular weight excluding hydrogens is 846 g/mol. The third-order valence-corrected chi connectivity index (χ3v) is 12.6. The Morgan fingerprint density at radius 3 is 2.22 bits per heavy atom. The van der Waals surface area contributed by atoms with Crippen LogP contribution in [0.3, 0.4) is 0 Å². The lowest BCUT2D eigenvalue weighted by molar-refractivity contribution is -0.174. The Morgan fingerprint density at radius 1 is 0.938 bits per heavy atom. The van der Waals surface area contributed by atoms with E-state index in [2.05, 4.69) is 10.6 Å². The van der Waals surface area contributed by atoms with Crippen molar-refractivity contribution in [2.75, 3.05) is 19.8 Å². The maximum absolute atomic E-state index is 14.1. The molecule has 0 unspecified atom stereocenters. The van der Waals surface area contributed by atoms with Gasteiger partial charge in [-0.25, -0.2) is 9.59 Å². The van der Waals surface area contributed by atoms with E-state index >= 15 is 0 Å².